The molecule has 150 valence electrons. The predicted molar refractivity (Wildman–Crippen MR) is 104 cm³/mol. The lowest BCUT2D eigenvalue weighted by atomic mass is 10.0. The van der Waals surface area contributed by atoms with E-state index in [1.54, 1.807) is 6.20 Å². The topological polar surface area (TPSA) is 118 Å². The molecule has 8 nitrogen and oxygen atoms in total. The molecule has 8 heteroatoms. The van der Waals surface area contributed by atoms with Gasteiger partial charge in [0.15, 0.2) is 6.61 Å². The van der Waals surface area contributed by atoms with Crippen LogP contribution in [0.15, 0.2) is 54.7 Å². The predicted octanol–water partition coefficient (Wildman–Crippen LogP) is 1.93. The van der Waals surface area contributed by atoms with Crippen LogP contribution < -0.4 is 5.32 Å². The van der Waals surface area contributed by atoms with E-state index in [2.05, 4.69) is 10.3 Å². The lowest BCUT2D eigenvalue weighted by Crippen LogP contribution is -2.44. The molecule has 1 atom stereocenters. The summed E-state index contributed by atoms with van der Waals surface area (Å²) in [5, 5.41) is 12.7. The van der Waals surface area contributed by atoms with Crippen LogP contribution in [-0.4, -0.2) is 47.7 Å². The van der Waals surface area contributed by atoms with E-state index in [9.17, 15) is 19.5 Å². The van der Waals surface area contributed by atoms with Gasteiger partial charge in [-0.2, -0.15) is 0 Å². The Balaban J connectivity index is 1.62. The van der Waals surface area contributed by atoms with Gasteiger partial charge in [-0.25, -0.2) is 9.59 Å². The van der Waals surface area contributed by atoms with Crippen LogP contribution in [0.4, 0.5) is 0 Å². The van der Waals surface area contributed by atoms with Gasteiger partial charge in [0, 0.05) is 23.5 Å². The molecule has 0 aliphatic carbocycles. The van der Waals surface area contributed by atoms with Crippen molar-refractivity contribution >= 4 is 28.7 Å². The number of hydrogen-bond acceptors (Lipinski definition) is 6. The SMILES string of the molecule is COC(=O)[C@H](Cc1c[nH]c2ccccc12)NC(=O)COC(=O)c1ccc(O)cc1. The van der Waals surface area contributed by atoms with Crippen molar-refractivity contribution in [2.45, 2.75) is 12.5 Å². The number of hydrogen-bond donors (Lipinski definition) is 3. The normalized spacial score (nSPS) is 11.6. The second-order valence-corrected chi connectivity index (χ2v) is 6.33. The van der Waals surface area contributed by atoms with E-state index in [0.717, 1.165) is 16.5 Å². The summed E-state index contributed by atoms with van der Waals surface area (Å²) in [4.78, 5) is 39.4. The number of amides is 1. The Bertz CT molecular complexity index is 1030. The number of aromatic nitrogens is 1. The van der Waals surface area contributed by atoms with Crippen LogP contribution in [-0.2, 0) is 25.5 Å². The quantitative estimate of drug-likeness (QED) is 0.525. The minimum absolute atomic E-state index is 0.0116. The van der Waals surface area contributed by atoms with Gasteiger partial charge in [0.1, 0.15) is 11.8 Å². The van der Waals surface area contributed by atoms with Gasteiger partial charge in [0.2, 0.25) is 0 Å². The molecule has 3 aromatic rings. The van der Waals surface area contributed by atoms with Crippen LogP contribution in [0.3, 0.4) is 0 Å². The van der Waals surface area contributed by atoms with Crippen molar-refractivity contribution in [3.8, 4) is 5.75 Å². The Morgan fingerprint density at radius 2 is 1.83 bits per heavy atom. The molecule has 0 fully saturated rings. The van der Waals surface area contributed by atoms with E-state index in [4.69, 9.17) is 9.47 Å². The summed E-state index contributed by atoms with van der Waals surface area (Å²) in [7, 11) is 1.24. The van der Waals surface area contributed by atoms with E-state index in [0.29, 0.717) is 0 Å². The third-order valence-electron chi connectivity index (χ3n) is 4.36. The fourth-order valence-electron chi connectivity index (χ4n) is 2.90. The van der Waals surface area contributed by atoms with Crippen molar-refractivity contribution < 1.29 is 29.0 Å². The van der Waals surface area contributed by atoms with E-state index in [-0.39, 0.29) is 17.7 Å². The molecule has 0 radical (unpaired) electrons. The molecular formula is C21H20N2O6. The fourth-order valence-corrected chi connectivity index (χ4v) is 2.90. The molecule has 2 aromatic carbocycles. The second-order valence-electron chi connectivity index (χ2n) is 6.33. The number of phenols is 1. The van der Waals surface area contributed by atoms with Crippen molar-refractivity contribution in [1.29, 1.82) is 0 Å². The molecule has 3 N–H and O–H groups in total. The molecule has 0 spiro atoms. The number of methoxy groups -OCH3 is 1. The van der Waals surface area contributed by atoms with Gasteiger partial charge in [0.05, 0.1) is 12.7 Å². The fraction of sp³-hybridized carbons (Fsp3) is 0.190. The number of aromatic amines is 1. The number of fused-ring (bicyclic) bond motifs is 1. The maximum Gasteiger partial charge on any atom is 0.338 e. The summed E-state index contributed by atoms with van der Waals surface area (Å²) in [5.41, 5.74) is 1.96. The van der Waals surface area contributed by atoms with Gasteiger partial charge in [-0.1, -0.05) is 18.2 Å². The largest absolute Gasteiger partial charge is 0.508 e. The number of para-hydroxylation sites is 1. The molecule has 0 saturated carbocycles. The summed E-state index contributed by atoms with van der Waals surface area (Å²) >= 11 is 0. The Kier molecular flexibility index (Phi) is 6.13. The number of aromatic hydroxyl groups is 1. The monoisotopic (exact) mass is 396 g/mol. The first-order valence-corrected chi connectivity index (χ1v) is 8.86. The average molecular weight is 396 g/mol. The van der Waals surface area contributed by atoms with Crippen LogP contribution in [0.25, 0.3) is 10.9 Å². The summed E-state index contributed by atoms with van der Waals surface area (Å²) in [6.45, 7) is -0.554. The number of carbonyl (C=O) groups is 3. The van der Waals surface area contributed by atoms with Crippen molar-refractivity contribution in [1.82, 2.24) is 10.3 Å². The molecule has 0 bridgehead atoms. The molecule has 1 aromatic heterocycles. The molecule has 0 aliphatic rings. The standard InChI is InChI=1S/C21H20N2O6/c1-28-21(27)18(10-14-11-22-17-5-3-2-4-16(14)17)23-19(25)12-29-20(26)13-6-8-15(24)9-7-13/h2-9,11,18,22,24H,10,12H2,1H3,(H,23,25)/t18-/m0/s1. The first-order valence-electron chi connectivity index (χ1n) is 8.86. The number of phenolic OH excluding ortho intramolecular Hbond substituents is 1. The first-order chi connectivity index (χ1) is 14.0. The number of H-pyrrole nitrogens is 1. The van der Waals surface area contributed by atoms with Crippen LogP contribution in [0.1, 0.15) is 15.9 Å². The maximum atomic E-state index is 12.2. The van der Waals surface area contributed by atoms with Crippen LogP contribution >= 0.6 is 0 Å². The number of ether oxygens (including phenoxy) is 2. The van der Waals surface area contributed by atoms with Crippen LogP contribution in [0, 0.1) is 0 Å². The second kappa shape index (κ2) is 8.92. The Morgan fingerprint density at radius 3 is 2.55 bits per heavy atom. The lowest BCUT2D eigenvalue weighted by Gasteiger charge is -2.16. The highest BCUT2D eigenvalue weighted by Crippen LogP contribution is 2.19. The van der Waals surface area contributed by atoms with Crippen molar-refractivity contribution in [3.63, 3.8) is 0 Å². The molecule has 3 rings (SSSR count). The molecule has 29 heavy (non-hydrogen) atoms. The summed E-state index contributed by atoms with van der Waals surface area (Å²) in [6, 6.07) is 12.1. The molecule has 0 aliphatic heterocycles. The van der Waals surface area contributed by atoms with Gasteiger partial charge in [-0.3, -0.25) is 4.79 Å². The molecule has 0 saturated heterocycles. The van der Waals surface area contributed by atoms with E-state index in [1.807, 2.05) is 24.3 Å². The lowest BCUT2D eigenvalue weighted by molar-refractivity contribution is -0.145. The van der Waals surface area contributed by atoms with Crippen molar-refractivity contribution in [3.05, 3.63) is 65.9 Å². The third-order valence-corrected chi connectivity index (χ3v) is 4.36. The number of rotatable bonds is 7. The Labute approximate surface area is 166 Å². The van der Waals surface area contributed by atoms with Gasteiger partial charge in [-0.15, -0.1) is 0 Å². The van der Waals surface area contributed by atoms with Crippen molar-refractivity contribution in [2.75, 3.05) is 13.7 Å². The van der Waals surface area contributed by atoms with Gasteiger partial charge >= 0.3 is 11.9 Å². The maximum absolute atomic E-state index is 12.2. The highest BCUT2D eigenvalue weighted by molar-refractivity contribution is 5.92. The molecular weight excluding hydrogens is 376 g/mol. The highest BCUT2D eigenvalue weighted by atomic mass is 16.5. The van der Waals surface area contributed by atoms with E-state index < -0.39 is 30.5 Å². The van der Waals surface area contributed by atoms with Crippen LogP contribution in [0.2, 0.25) is 0 Å². The zero-order chi connectivity index (χ0) is 20.8. The Hall–Kier alpha value is -3.81. The number of esters is 2. The number of carbonyl (C=O) groups excluding carboxylic acids is 3. The van der Waals surface area contributed by atoms with E-state index >= 15 is 0 Å². The zero-order valence-electron chi connectivity index (χ0n) is 15.7. The van der Waals surface area contributed by atoms with Crippen molar-refractivity contribution in [2.24, 2.45) is 0 Å². The number of nitrogens with one attached hydrogen (secondary N) is 2. The minimum atomic E-state index is -0.931. The third kappa shape index (κ3) is 4.92. The zero-order valence-corrected chi connectivity index (χ0v) is 15.7. The summed E-state index contributed by atoms with van der Waals surface area (Å²) in [6.07, 6.45) is 1.99. The smallest absolute Gasteiger partial charge is 0.338 e. The van der Waals surface area contributed by atoms with Gasteiger partial charge in [-0.05, 0) is 35.9 Å². The number of benzene rings is 2. The minimum Gasteiger partial charge on any atom is -0.508 e. The van der Waals surface area contributed by atoms with Gasteiger partial charge in [0.25, 0.3) is 5.91 Å². The summed E-state index contributed by atoms with van der Waals surface area (Å²) in [5.74, 6) is -1.94. The summed E-state index contributed by atoms with van der Waals surface area (Å²) < 4.78 is 9.74. The van der Waals surface area contributed by atoms with Crippen LogP contribution in [0.5, 0.6) is 5.75 Å². The molecule has 1 heterocycles. The molecule has 0 unspecified atom stereocenters. The Morgan fingerprint density at radius 1 is 1.10 bits per heavy atom. The van der Waals surface area contributed by atoms with E-state index in [1.165, 1.54) is 31.4 Å². The first kappa shape index (κ1) is 19.9. The molecule has 1 amide bonds. The highest BCUT2D eigenvalue weighted by Gasteiger charge is 2.24. The van der Waals surface area contributed by atoms with Gasteiger partial charge < -0.3 is 24.9 Å². The average Bonchev–Trinajstić information content (AvgIpc) is 3.14.